The number of halogens is 1. The maximum Gasteiger partial charge on any atom is 0.251 e. The molecule has 1 aromatic heterocycles. The van der Waals surface area contributed by atoms with Crippen LogP contribution in [0.1, 0.15) is 15.9 Å². The molecule has 0 bridgehead atoms. The van der Waals surface area contributed by atoms with Crippen LogP contribution in [0.4, 0.5) is 5.13 Å². The van der Waals surface area contributed by atoms with Crippen molar-refractivity contribution in [3.8, 4) is 0 Å². The highest BCUT2D eigenvalue weighted by Crippen LogP contribution is 2.30. The molecule has 1 N–H and O–H groups in total. The Hall–Kier alpha value is -2.15. The third-order valence-electron chi connectivity index (χ3n) is 5.07. The summed E-state index contributed by atoms with van der Waals surface area (Å²) < 4.78 is 1.25. The molecule has 0 saturated carbocycles. The number of aromatic nitrogens is 1. The molecule has 1 amide bonds. The van der Waals surface area contributed by atoms with Gasteiger partial charge in [-0.25, -0.2) is 4.98 Å². The van der Waals surface area contributed by atoms with E-state index >= 15 is 0 Å². The molecule has 1 saturated heterocycles. The van der Waals surface area contributed by atoms with Crippen molar-refractivity contribution >= 4 is 44.2 Å². The number of amides is 1. The van der Waals surface area contributed by atoms with Gasteiger partial charge in [-0.2, -0.15) is 0 Å². The predicted molar refractivity (Wildman–Crippen MR) is 117 cm³/mol. The fourth-order valence-corrected chi connectivity index (χ4v) is 4.62. The molecule has 7 heteroatoms. The van der Waals surface area contributed by atoms with Gasteiger partial charge in [0, 0.05) is 49.9 Å². The molecule has 0 radical (unpaired) electrons. The van der Waals surface area contributed by atoms with Crippen molar-refractivity contribution in [2.75, 3.05) is 44.2 Å². The van der Waals surface area contributed by atoms with Crippen molar-refractivity contribution in [1.29, 1.82) is 0 Å². The van der Waals surface area contributed by atoms with E-state index in [9.17, 15) is 4.79 Å². The number of hydrogen-bond donors (Lipinski definition) is 1. The summed E-state index contributed by atoms with van der Waals surface area (Å²) in [5.74, 6) is -0.0554. The number of rotatable bonds is 5. The first-order valence-corrected chi connectivity index (χ1v) is 10.7. The number of para-hydroxylation sites is 1. The lowest BCUT2D eigenvalue weighted by molar-refractivity contribution is 0.0948. The molecule has 2 aromatic carbocycles. The third kappa shape index (κ3) is 4.29. The molecule has 146 valence electrons. The third-order valence-corrected chi connectivity index (χ3v) is 6.41. The Balaban J connectivity index is 1.25. The van der Waals surface area contributed by atoms with Crippen molar-refractivity contribution in [2.45, 2.75) is 6.92 Å². The van der Waals surface area contributed by atoms with Crippen LogP contribution in [0.25, 0.3) is 10.2 Å². The monoisotopic (exact) mass is 414 g/mol. The Morgan fingerprint density at radius 2 is 1.89 bits per heavy atom. The van der Waals surface area contributed by atoms with Gasteiger partial charge in [-0.3, -0.25) is 9.69 Å². The van der Waals surface area contributed by atoms with Crippen LogP contribution >= 0.6 is 22.9 Å². The number of anilines is 1. The topological polar surface area (TPSA) is 48.5 Å². The van der Waals surface area contributed by atoms with Crippen LogP contribution in [0.3, 0.4) is 0 Å². The highest BCUT2D eigenvalue weighted by Gasteiger charge is 2.20. The quantitative estimate of drug-likeness (QED) is 0.689. The van der Waals surface area contributed by atoms with Gasteiger partial charge >= 0.3 is 0 Å². The predicted octanol–water partition coefficient (Wildman–Crippen LogP) is 3.81. The van der Waals surface area contributed by atoms with E-state index in [2.05, 4.69) is 40.2 Å². The minimum atomic E-state index is -0.0554. The van der Waals surface area contributed by atoms with E-state index in [0.29, 0.717) is 17.1 Å². The summed E-state index contributed by atoms with van der Waals surface area (Å²) >= 11 is 7.63. The van der Waals surface area contributed by atoms with Gasteiger partial charge in [-0.1, -0.05) is 35.1 Å². The fraction of sp³-hybridized carbons (Fsp3) is 0.333. The molecule has 0 aliphatic carbocycles. The number of carbonyl (C=O) groups is 1. The Morgan fingerprint density at radius 1 is 1.14 bits per heavy atom. The second kappa shape index (κ2) is 8.47. The maximum absolute atomic E-state index is 12.2. The van der Waals surface area contributed by atoms with Gasteiger partial charge < -0.3 is 10.2 Å². The second-order valence-corrected chi connectivity index (χ2v) is 8.46. The van der Waals surface area contributed by atoms with Crippen LogP contribution in [-0.4, -0.2) is 55.1 Å². The summed E-state index contributed by atoms with van der Waals surface area (Å²) in [6.07, 6.45) is 0. The van der Waals surface area contributed by atoms with Gasteiger partial charge in [0.2, 0.25) is 0 Å². The smallest absolute Gasteiger partial charge is 0.251 e. The van der Waals surface area contributed by atoms with Crippen LogP contribution in [0.15, 0.2) is 42.5 Å². The zero-order chi connectivity index (χ0) is 19.5. The molecular formula is C21H23ClN4OS. The zero-order valence-electron chi connectivity index (χ0n) is 15.8. The van der Waals surface area contributed by atoms with Gasteiger partial charge in [0.25, 0.3) is 5.91 Å². The summed E-state index contributed by atoms with van der Waals surface area (Å²) in [6.45, 7) is 7.49. The minimum Gasteiger partial charge on any atom is -0.351 e. The molecule has 4 rings (SSSR count). The van der Waals surface area contributed by atoms with Crippen LogP contribution in [0.5, 0.6) is 0 Å². The van der Waals surface area contributed by atoms with E-state index in [4.69, 9.17) is 16.6 Å². The Labute approximate surface area is 173 Å². The summed E-state index contributed by atoms with van der Waals surface area (Å²) in [5, 5.41) is 4.73. The molecule has 1 aliphatic heterocycles. The largest absolute Gasteiger partial charge is 0.351 e. The number of hydrogen-bond acceptors (Lipinski definition) is 5. The fourth-order valence-electron chi connectivity index (χ4n) is 3.40. The number of benzene rings is 2. The molecule has 1 aliphatic rings. The van der Waals surface area contributed by atoms with Gasteiger partial charge in [-0.05, 0) is 42.8 Å². The van der Waals surface area contributed by atoms with Crippen LogP contribution < -0.4 is 10.2 Å². The van der Waals surface area contributed by atoms with E-state index in [1.54, 1.807) is 35.6 Å². The van der Waals surface area contributed by atoms with E-state index in [1.807, 2.05) is 0 Å². The molecule has 0 spiro atoms. The number of aryl methyl sites for hydroxylation is 1. The maximum atomic E-state index is 12.2. The summed E-state index contributed by atoms with van der Waals surface area (Å²) in [6, 6.07) is 13.3. The van der Waals surface area contributed by atoms with Gasteiger partial charge in [0.1, 0.15) is 0 Å². The van der Waals surface area contributed by atoms with Gasteiger partial charge in [0.15, 0.2) is 5.13 Å². The summed E-state index contributed by atoms with van der Waals surface area (Å²) in [4.78, 5) is 21.8. The van der Waals surface area contributed by atoms with Crippen molar-refractivity contribution in [3.63, 3.8) is 0 Å². The average Bonchev–Trinajstić information content (AvgIpc) is 3.15. The second-order valence-electron chi connectivity index (χ2n) is 7.01. The highest BCUT2D eigenvalue weighted by atomic mass is 35.5. The molecule has 5 nitrogen and oxygen atoms in total. The number of thiazole rings is 1. The number of piperazine rings is 1. The van der Waals surface area contributed by atoms with Gasteiger partial charge in [-0.15, -0.1) is 0 Å². The van der Waals surface area contributed by atoms with Crippen LogP contribution in [0, 0.1) is 6.92 Å². The SMILES string of the molecule is Cc1cccc2sc(N3CCN(CCNC(=O)c4ccc(Cl)cc4)CC3)nc12. The average molecular weight is 415 g/mol. The number of nitrogens with zero attached hydrogens (tertiary/aromatic N) is 3. The molecule has 28 heavy (non-hydrogen) atoms. The van der Waals surface area contributed by atoms with Gasteiger partial charge in [0.05, 0.1) is 10.2 Å². The standard InChI is InChI=1S/C21H23ClN4OS/c1-15-3-2-4-18-19(15)24-21(28-18)26-13-11-25(12-14-26)10-9-23-20(27)16-5-7-17(22)8-6-16/h2-8H,9-14H2,1H3,(H,23,27). The van der Waals surface area contributed by atoms with Crippen LogP contribution in [-0.2, 0) is 0 Å². The van der Waals surface area contributed by atoms with Crippen molar-refractivity contribution in [1.82, 2.24) is 15.2 Å². The first-order valence-electron chi connectivity index (χ1n) is 9.47. The normalized spacial score (nSPS) is 15.1. The van der Waals surface area contributed by atoms with E-state index in [0.717, 1.165) is 43.4 Å². The molecule has 2 heterocycles. The highest BCUT2D eigenvalue weighted by molar-refractivity contribution is 7.22. The Kier molecular flexibility index (Phi) is 5.80. The Morgan fingerprint density at radius 3 is 2.61 bits per heavy atom. The van der Waals surface area contributed by atoms with E-state index in [1.165, 1.54) is 10.3 Å². The lowest BCUT2D eigenvalue weighted by atomic mass is 10.2. The molecule has 0 unspecified atom stereocenters. The first kappa shape index (κ1) is 19.2. The Bertz CT molecular complexity index is 964. The molecular weight excluding hydrogens is 392 g/mol. The van der Waals surface area contributed by atoms with Crippen molar-refractivity contribution in [3.05, 3.63) is 58.6 Å². The van der Waals surface area contributed by atoms with E-state index < -0.39 is 0 Å². The molecule has 3 aromatic rings. The van der Waals surface area contributed by atoms with Crippen LogP contribution in [0.2, 0.25) is 5.02 Å². The number of fused-ring (bicyclic) bond motifs is 1. The van der Waals surface area contributed by atoms with Crippen molar-refractivity contribution < 1.29 is 4.79 Å². The number of nitrogens with one attached hydrogen (secondary N) is 1. The summed E-state index contributed by atoms with van der Waals surface area (Å²) in [5.41, 5.74) is 2.99. The lowest BCUT2D eigenvalue weighted by Gasteiger charge is -2.34. The first-order chi connectivity index (χ1) is 13.6. The molecule has 1 fully saturated rings. The number of carbonyl (C=O) groups excluding carboxylic acids is 1. The molecule has 0 atom stereocenters. The zero-order valence-corrected chi connectivity index (χ0v) is 17.4. The van der Waals surface area contributed by atoms with E-state index in [-0.39, 0.29) is 5.91 Å². The lowest BCUT2D eigenvalue weighted by Crippen LogP contribution is -2.48. The van der Waals surface area contributed by atoms with Crippen molar-refractivity contribution in [2.24, 2.45) is 0 Å². The summed E-state index contributed by atoms with van der Waals surface area (Å²) in [7, 11) is 0. The minimum absolute atomic E-state index is 0.0554.